The molecule has 680 valence electrons. The van der Waals surface area contributed by atoms with E-state index < -0.39 is 249 Å². The van der Waals surface area contributed by atoms with Crippen molar-refractivity contribution in [1.82, 2.24) is 85.1 Å². The van der Waals surface area contributed by atoms with Crippen molar-refractivity contribution in [3.8, 4) is 0 Å². The average molecular weight is 1700 g/mol. The minimum Gasteiger partial charge on any atom is -0.467 e. The van der Waals surface area contributed by atoms with E-state index in [1.165, 1.54) is 83.3 Å². The number of carbonyl (C=O) groups is 17. The Kier molecular flexibility index (Phi) is 42.5. The summed E-state index contributed by atoms with van der Waals surface area (Å²) in [5, 5.41) is 42.2. The number of ether oxygens (including phenoxy) is 3. The van der Waals surface area contributed by atoms with Gasteiger partial charge in [-0.2, -0.15) is 0 Å². The van der Waals surface area contributed by atoms with Gasteiger partial charge in [0.2, 0.25) is 88.6 Å². The lowest BCUT2D eigenvalue weighted by atomic mass is 9.94. The molecule has 1 rings (SSSR count). The Hall–Kier alpha value is -10.0. The number of hydrogen-bond acceptors (Lipinski definition) is 20. The van der Waals surface area contributed by atoms with Crippen LogP contribution in [0.3, 0.4) is 0 Å². The molecule has 120 heavy (non-hydrogen) atoms. The fourth-order valence-corrected chi connectivity index (χ4v) is 11.8. The second-order valence-electron chi connectivity index (χ2n) is 36.7. The first kappa shape index (κ1) is 108. The maximum absolute atomic E-state index is 14.8. The summed E-state index contributed by atoms with van der Waals surface area (Å²) in [6.45, 7) is 46.1. The molecule has 36 heteroatoms. The molecule has 0 fully saturated rings. The Morgan fingerprint density at radius 1 is 0.342 bits per heavy atom. The minimum atomic E-state index is -1.87. The zero-order chi connectivity index (χ0) is 93.0. The predicted molar refractivity (Wildman–Crippen MR) is 451 cm³/mol. The molecule has 0 aliphatic carbocycles. The molecule has 0 aromatic heterocycles. The number of benzene rings is 1. The van der Waals surface area contributed by atoms with Gasteiger partial charge < -0.3 is 99.3 Å². The number of carbonyl (C=O) groups excluding carboxylic acids is 17. The van der Waals surface area contributed by atoms with Crippen LogP contribution in [0.25, 0.3) is 0 Å². The molecule has 0 saturated heterocycles. The summed E-state index contributed by atoms with van der Waals surface area (Å²) in [6, 6.07) is -2.83. The summed E-state index contributed by atoms with van der Waals surface area (Å²) in [5.41, 5.74) is -8.60. The van der Waals surface area contributed by atoms with Crippen LogP contribution >= 0.6 is 0 Å². The maximum atomic E-state index is 14.8. The highest BCUT2D eigenvalue weighted by Gasteiger charge is 2.45. The third-order valence-corrected chi connectivity index (χ3v) is 19.9. The number of rotatable bonds is 47. The normalized spacial score (nSPS) is 15.1. The van der Waals surface area contributed by atoms with E-state index in [9.17, 15) is 81.5 Å². The Morgan fingerprint density at radius 2 is 0.658 bits per heavy atom. The Morgan fingerprint density at radius 3 is 1.02 bits per heavy atom. The van der Waals surface area contributed by atoms with Gasteiger partial charge in [-0.3, -0.25) is 71.9 Å². The van der Waals surface area contributed by atoms with Crippen LogP contribution < -0.4 is 85.1 Å². The number of hydrogen-bond donors (Lipinski definition) is 16. The molecule has 0 aliphatic rings. The zero-order valence-electron chi connectivity index (χ0n) is 76.7. The Balaban J connectivity index is 3.43. The van der Waals surface area contributed by atoms with Gasteiger partial charge in [0.05, 0.1) is 26.4 Å². The number of amides is 16. The third-order valence-electron chi connectivity index (χ3n) is 19.9. The fourth-order valence-electron chi connectivity index (χ4n) is 11.8. The van der Waals surface area contributed by atoms with Gasteiger partial charge in [-0.1, -0.05) is 154 Å². The molecule has 0 aliphatic heterocycles. The van der Waals surface area contributed by atoms with Crippen molar-refractivity contribution in [1.29, 1.82) is 0 Å². The quantitative estimate of drug-likeness (QED) is 0.0417. The molecule has 0 heterocycles. The molecule has 1 aromatic rings. The molecule has 0 unspecified atom stereocenters. The molecule has 0 spiro atoms. The van der Waals surface area contributed by atoms with E-state index in [1.54, 1.807) is 141 Å². The molecule has 16 amide bonds. The second kappa shape index (κ2) is 47.2. The average Bonchev–Trinajstić information content (AvgIpc) is 0.822. The van der Waals surface area contributed by atoms with Crippen LogP contribution in [0.15, 0.2) is 30.3 Å². The maximum Gasteiger partial charge on any atom is 0.408 e. The predicted octanol–water partition coefficient (Wildman–Crippen LogP) is 2.66. The molecular formula is C84H144N16O20. The summed E-state index contributed by atoms with van der Waals surface area (Å²) in [5.74, 6) is -16.9. The molecule has 0 radical (unpaired) electrons. The van der Waals surface area contributed by atoms with Crippen LogP contribution in [-0.4, -0.2) is 215 Å². The van der Waals surface area contributed by atoms with E-state index in [0.717, 1.165) is 0 Å². The van der Waals surface area contributed by atoms with Crippen LogP contribution in [0.5, 0.6) is 0 Å². The van der Waals surface area contributed by atoms with Gasteiger partial charge in [0.15, 0.2) is 0 Å². The number of nitrogens with one attached hydrogen (secondary N) is 16. The lowest BCUT2D eigenvalue weighted by Gasteiger charge is -2.35. The summed E-state index contributed by atoms with van der Waals surface area (Å²) < 4.78 is 16.2. The Labute approximate surface area is 709 Å². The van der Waals surface area contributed by atoms with Crippen molar-refractivity contribution in [2.24, 2.45) is 47.3 Å². The van der Waals surface area contributed by atoms with E-state index in [4.69, 9.17) is 14.2 Å². The molecule has 16 N–H and O–H groups in total. The van der Waals surface area contributed by atoms with Crippen LogP contribution in [0.1, 0.15) is 233 Å². The van der Waals surface area contributed by atoms with Gasteiger partial charge >= 0.3 is 12.1 Å². The highest BCUT2D eigenvalue weighted by atomic mass is 16.6. The van der Waals surface area contributed by atoms with Crippen LogP contribution in [0.2, 0.25) is 0 Å². The highest BCUT2D eigenvalue weighted by molar-refractivity contribution is 6.02. The largest absolute Gasteiger partial charge is 0.467 e. The Bertz CT molecular complexity index is 3720. The first-order valence-corrected chi connectivity index (χ1v) is 41.3. The lowest BCUT2D eigenvalue weighted by Crippen LogP contribution is -2.66. The molecule has 36 nitrogen and oxygen atoms in total. The second-order valence-corrected chi connectivity index (χ2v) is 36.7. The van der Waals surface area contributed by atoms with Gasteiger partial charge in [-0.05, 0) is 156 Å². The van der Waals surface area contributed by atoms with E-state index in [2.05, 4.69) is 85.1 Å². The summed E-state index contributed by atoms with van der Waals surface area (Å²) in [6.07, 6.45) is -1.06. The van der Waals surface area contributed by atoms with Crippen LogP contribution in [0.4, 0.5) is 4.79 Å². The van der Waals surface area contributed by atoms with Gasteiger partial charge in [-0.25, -0.2) is 9.59 Å². The smallest absolute Gasteiger partial charge is 0.408 e. The number of esters is 1. The van der Waals surface area contributed by atoms with E-state index in [-0.39, 0.29) is 18.9 Å². The van der Waals surface area contributed by atoms with E-state index >= 15 is 0 Å². The number of alkyl carbamates (subject to hydrolysis) is 1. The topological polar surface area (TPSA) is 510 Å². The summed E-state index contributed by atoms with van der Waals surface area (Å²) >= 11 is 0. The van der Waals surface area contributed by atoms with Crippen LogP contribution in [-0.2, 0) is 97.5 Å². The minimum absolute atomic E-state index is 0.0359. The summed E-state index contributed by atoms with van der Waals surface area (Å²) in [7, 11) is 1.17. The van der Waals surface area contributed by atoms with E-state index in [0.29, 0.717) is 18.4 Å². The van der Waals surface area contributed by atoms with Crippen molar-refractivity contribution in [3.63, 3.8) is 0 Å². The highest BCUT2D eigenvalue weighted by Crippen LogP contribution is 2.21. The fraction of sp³-hybridized carbons (Fsp3) is 0.726. The lowest BCUT2D eigenvalue weighted by molar-refractivity contribution is -0.150. The van der Waals surface area contributed by atoms with Crippen molar-refractivity contribution >= 4 is 101 Å². The van der Waals surface area contributed by atoms with Crippen molar-refractivity contribution in [2.75, 3.05) is 20.2 Å². The van der Waals surface area contributed by atoms with Crippen molar-refractivity contribution < 1.29 is 95.7 Å². The van der Waals surface area contributed by atoms with Crippen molar-refractivity contribution in [2.45, 2.75) is 327 Å². The molecule has 0 bridgehead atoms. The van der Waals surface area contributed by atoms with Crippen molar-refractivity contribution in [3.05, 3.63) is 35.9 Å². The molecule has 12 atom stereocenters. The van der Waals surface area contributed by atoms with Gasteiger partial charge in [-0.15, -0.1) is 0 Å². The standard InChI is InChI=1S/C84H144N16O20/c1-32-49(15)61(90-66(105)57(45(7)8)88-67(106)58(46(9)10)93-73(112)80(21,22)96-55(102)41-85-65(104)56(44(5)6)92-74(113)81(23,24)97-64(103)53(39-43(3)4)87-54(101)40-86-78(117)120-79(18,19)20)71(110)99-83(27,28)76(115)95-63(51(17)119-42-52-37-35-34-36-38-52)69(108)89-60(48(13)14)70(109)98-82(25,26)75(114)94-59(47(11)12)68(107)91-62(50(16)33-2)72(111)100-84(29,30)77(116)118-31/h34-38,43-51,53,56-63H,32-33,39-42H2,1-31H3,(H,85,104)(H,86,117)(H,87,101)(H,88,106)(H,89,108)(H,90,105)(H,91,107)(H,92,113)(H,93,112)(H,94,114)(H,95,115)(H,96,102)(H,97,103)(H,98,109)(H,99,110)(H,100,111)/t49-,50-,51+,53-,56-,57-,58-,59-,60-,61-,62-,63-/m0/s1. The summed E-state index contributed by atoms with van der Waals surface area (Å²) in [4.78, 5) is 236. The molecule has 1 aromatic carbocycles. The van der Waals surface area contributed by atoms with Gasteiger partial charge in [0.25, 0.3) is 0 Å². The SMILES string of the molecule is CC[C@H](C)[C@H](NC(=O)[C@@H](NC(=O)[C@@H](NC(=O)C(C)(C)NC(=O)CNC(=O)[C@@H](NC(=O)C(C)(C)NC(=O)[C@H](CC(C)C)NC(=O)CNC(=O)OC(C)(C)C)C(C)C)C(C)C)C(C)C)C(=O)NC(C)(C)C(=O)N[C@H](C(=O)N[C@H](C(=O)NC(C)(C)C(=O)N[C@H](C(=O)N[C@H](C(=O)NC(C)(C)C(=O)OC)[C@@H](C)CC)C(C)C)C(C)C)[C@@H](C)OCc1ccccc1. The first-order valence-electron chi connectivity index (χ1n) is 41.3. The first-order chi connectivity index (χ1) is 54.9. The van der Waals surface area contributed by atoms with Gasteiger partial charge in [0.1, 0.15) is 94.2 Å². The van der Waals surface area contributed by atoms with E-state index in [1.807, 2.05) is 20.8 Å². The third kappa shape index (κ3) is 35.3. The number of methoxy groups -OCH3 is 1. The molecule has 0 saturated carbocycles. The monoisotopic (exact) mass is 1700 g/mol. The van der Waals surface area contributed by atoms with Crippen LogP contribution in [0, 0.1) is 47.3 Å². The molecular weight excluding hydrogens is 1550 g/mol. The zero-order valence-corrected chi connectivity index (χ0v) is 76.7. The van der Waals surface area contributed by atoms with Gasteiger partial charge in [0, 0.05) is 0 Å².